The van der Waals surface area contributed by atoms with Crippen LogP contribution in [0.4, 0.5) is 5.00 Å². The van der Waals surface area contributed by atoms with E-state index in [1.807, 2.05) is 61.5 Å². The number of carbonyl (C=O) groups excluding carboxylic acids is 1. The highest BCUT2D eigenvalue weighted by Gasteiger charge is 2.24. The van der Waals surface area contributed by atoms with E-state index in [1.165, 1.54) is 11.3 Å². The van der Waals surface area contributed by atoms with Gasteiger partial charge in [-0.15, -0.1) is 11.3 Å². The van der Waals surface area contributed by atoms with E-state index in [9.17, 15) is 4.79 Å². The molecular formula is C23H24N2O3S2. The number of thiophene rings is 1. The van der Waals surface area contributed by atoms with Crippen LogP contribution in [0.5, 0.6) is 5.75 Å². The second kappa shape index (κ2) is 10.2. The van der Waals surface area contributed by atoms with E-state index >= 15 is 0 Å². The van der Waals surface area contributed by atoms with Gasteiger partial charge in [0, 0.05) is 22.5 Å². The topological polar surface area (TPSA) is 59.6 Å². The van der Waals surface area contributed by atoms with Gasteiger partial charge in [-0.3, -0.25) is 0 Å². The van der Waals surface area contributed by atoms with Crippen molar-refractivity contribution >= 4 is 39.6 Å². The Bertz CT molecular complexity index is 1030. The molecule has 1 aromatic heterocycles. The number of benzene rings is 2. The molecule has 1 heterocycles. The molecule has 5 nitrogen and oxygen atoms in total. The molecule has 0 bridgehead atoms. The van der Waals surface area contributed by atoms with Gasteiger partial charge >= 0.3 is 5.97 Å². The van der Waals surface area contributed by atoms with Crippen LogP contribution in [0.1, 0.15) is 27.7 Å². The molecule has 0 fully saturated rings. The lowest BCUT2D eigenvalue weighted by Gasteiger charge is -2.13. The van der Waals surface area contributed by atoms with E-state index in [0.717, 1.165) is 27.3 Å². The Hall–Kier alpha value is -2.90. The summed E-state index contributed by atoms with van der Waals surface area (Å²) in [6.07, 6.45) is 0. The molecule has 3 rings (SSSR count). The van der Waals surface area contributed by atoms with Crippen LogP contribution in [-0.2, 0) is 11.3 Å². The molecule has 7 heteroatoms. The third-order valence-electron chi connectivity index (χ3n) is 4.49. The van der Waals surface area contributed by atoms with Gasteiger partial charge < -0.3 is 20.1 Å². The third-order valence-corrected chi connectivity index (χ3v) is 5.75. The average Bonchev–Trinajstić information content (AvgIpc) is 3.08. The monoisotopic (exact) mass is 440 g/mol. The number of thiocarbonyl (C=S) groups is 1. The Labute approximate surface area is 186 Å². The summed E-state index contributed by atoms with van der Waals surface area (Å²) in [5, 5.41) is 7.46. The largest absolute Gasteiger partial charge is 0.496 e. The number of hydrogen-bond donors (Lipinski definition) is 2. The van der Waals surface area contributed by atoms with Gasteiger partial charge in [0.2, 0.25) is 0 Å². The van der Waals surface area contributed by atoms with Crippen molar-refractivity contribution in [2.45, 2.75) is 20.4 Å². The number of ether oxygens (including phenoxy) is 2. The molecule has 2 aromatic carbocycles. The molecule has 0 unspecified atom stereocenters. The summed E-state index contributed by atoms with van der Waals surface area (Å²) in [5.41, 5.74) is 3.33. The fourth-order valence-electron chi connectivity index (χ4n) is 3.15. The lowest BCUT2D eigenvalue weighted by molar-refractivity contribution is 0.0529. The second-order valence-corrected chi connectivity index (χ2v) is 8.08. The number of nitrogens with one attached hydrogen (secondary N) is 2. The standard InChI is InChI=1S/C23H24N2O3S2/c1-4-28-22(26)20-19(16-10-6-5-7-11-16)15(2)30-21(20)25-23(29)24-14-17-12-8-9-13-18(17)27-3/h5-13H,4,14H2,1-3H3,(H2,24,25,29). The van der Waals surface area contributed by atoms with Crippen LogP contribution < -0.4 is 15.4 Å². The lowest BCUT2D eigenvalue weighted by atomic mass is 10.0. The minimum atomic E-state index is -0.365. The van der Waals surface area contributed by atoms with Gasteiger partial charge in [0.25, 0.3) is 0 Å². The second-order valence-electron chi connectivity index (χ2n) is 6.44. The minimum Gasteiger partial charge on any atom is -0.496 e. The molecule has 2 N–H and O–H groups in total. The lowest BCUT2D eigenvalue weighted by Crippen LogP contribution is -2.28. The van der Waals surface area contributed by atoms with Gasteiger partial charge in [-0.25, -0.2) is 4.79 Å². The fourth-order valence-corrected chi connectivity index (χ4v) is 4.46. The van der Waals surface area contributed by atoms with Crippen molar-refractivity contribution in [3.8, 4) is 16.9 Å². The number of rotatable bonds is 7. The van der Waals surface area contributed by atoms with Crippen molar-refractivity contribution in [1.29, 1.82) is 0 Å². The summed E-state index contributed by atoms with van der Waals surface area (Å²) in [5.74, 6) is 0.425. The first kappa shape index (κ1) is 21.8. The zero-order valence-electron chi connectivity index (χ0n) is 17.2. The number of anilines is 1. The van der Waals surface area contributed by atoms with Gasteiger partial charge in [0.15, 0.2) is 5.11 Å². The van der Waals surface area contributed by atoms with Gasteiger partial charge in [-0.05, 0) is 37.7 Å². The van der Waals surface area contributed by atoms with E-state index < -0.39 is 0 Å². The van der Waals surface area contributed by atoms with Crippen LogP contribution in [0, 0.1) is 6.92 Å². The zero-order chi connectivity index (χ0) is 21.5. The molecule has 0 amide bonds. The summed E-state index contributed by atoms with van der Waals surface area (Å²) in [7, 11) is 1.64. The number of esters is 1. The van der Waals surface area contributed by atoms with Crippen LogP contribution in [0.15, 0.2) is 54.6 Å². The van der Waals surface area contributed by atoms with E-state index in [1.54, 1.807) is 14.0 Å². The maximum Gasteiger partial charge on any atom is 0.341 e. The Balaban J connectivity index is 1.84. The number of methoxy groups -OCH3 is 1. The van der Waals surface area contributed by atoms with Crippen molar-refractivity contribution in [3.63, 3.8) is 0 Å². The predicted molar refractivity (Wildman–Crippen MR) is 127 cm³/mol. The van der Waals surface area contributed by atoms with Crippen molar-refractivity contribution < 1.29 is 14.3 Å². The van der Waals surface area contributed by atoms with E-state index in [-0.39, 0.29) is 5.97 Å². The van der Waals surface area contributed by atoms with Gasteiger partial charge in [0.05, 0.1) is 13.7 Å². The van der Waals surface area contributed by atoms with Crippen molar-refractivity contribution in [2.24, 2.45) is 0 Å². The van der Waals surface area contributed by atoms with Gasteiger partial charge in [-0.2, -0.15) is 0 Å². The Kier molecular flexibility index (Phi) is 7.43. The first-order chi connectivity index (χ1) is 14.5. The summed E-state index contributed by atoms with van der Waals surface area (Å²) in [6.45, 7) is 4.59. The van der Waals surface area contributed by atoms with Crippen LogP contribution in [0.2, 0.25) is 0 Å². The maximum atomic E-state index is 12.8. The highest BCUT2D eigenvalue weighted by Crippen LogP contribution is 2.40. The first-order valence-corrected chi connectivity index (χ1v) is 10.8. The molecule has 0 spiro atoms. The smallest absolute Gasteiger partial charge is 0.341 e. The summed E-state index contributed by atoms with van der Waals surface area (Å²) >= 11 is 6.97. The average molecular weight is 441 g/mol. The minimum absolute atomic E-state index is 0.303. The molecule has 0 saturated heterocycles. The van der Waals surface area contributed by atoms with Crippen molar-refractivity contribution in [2.75, 3.05) is 19.0 Å². The Morgan fingerprint density at radius 1 is 1.10 bits per heavy atom. The third kappa shape index (κ3) is 4.98. The van der Waals surface area contributed by atoms with Crippen LogP contribution >= 0.6 is 23.6 Å². The normalized spacial score (nSPS) is 10.4. The molecular weight excluding hydrogens is 416 g/mol. The molecule has 0 atom stereocenters. The van der Waals surface area contributed by atoms with Crippen LogP contribution in [0.3, 0.4) is 0 Å². The highest BCUT2D eigenvalue weighted by molar-refractivity contribution is 7.80. The molecule has 30 heavy (non-hydrogen) atoms. The zero-order valence-corrected chi connectivity index (χ0v) is 18.8. The fraction of sp³-hybridized carbons (Fsp3) is 0.217. The Morgan fingerprint density at radius 3 is 2.50 bits per heavy atom. The molecule has 0 aliphatic rings. The van der Waals surface area contributed by atoms with Crippen molar-refractivity contribution in [3.05, 3.63) is 70.6 Å². The number of aryl methyl sites for hydroxylation is 1. The predicted octanol–water partition coefficient (Wildman–Crippen LogP) is 5.40. The highest BCUT2D eigenvalue weighted by atomic mass is 32.1. The van der Waals surface area contributed by atoms with Crippen LogP contribution in [-0.4, -0.2) is 24.8 Å². The van der Waals surface area contributed by atoms with Gasteiger partial charge in [-0.1, -0.05) is 48.5 Å². The Morgan fingerprint density at radius 2 is 1.80 bits per heavy atom. The summed E-state index contributed by atoms with van der Waals surface area (Å²) in [4.78, 5) is 13.8. The van der Waals surface area contributed by atoms with Gasteiger partial charge in [0.1, 0.15) is 16.3 Å². The first-order valence-electron chi connectivity index (χ1n) is 9.57. The quantitative estimate of drug-likeness (QED) is 0.379. The van der Waals surface area contributed by atoms with E-state index in [2.05, 4.69) is 10.6 Å². The van der Waals surface area contributed by atoms with Crippen molar-refractivity contribution in [1.82, 2.24) is 5.32 Å². The molecule has 0 radical (unpaired) electrons. The number of para-hydroxylation sites is 1. The van der Waals surface area contributed by atoms with E-state index in [0.29, 0.717) is 28.8 Å². The molecule has 3 aromatic rings. The molecule has 0 aliphatic carbocycles. The van der Waals surface area contributed by atoms with Crippen LogP contribution in [0.25, 0.3) is 11.1 Å². The SMILES string of the molecule is CCOC(=O)c1c(NC(=S)NCc2ccccc2OC)sc(C)c1-c1ccccc1. The number of hydrogen-bond acceptors (Lipinski definition) is 5. The number of carbonyl (C=O) groups is 1. The molecule has 0 saturated carbocycles. The van der Waals surface area contributed by atoms with E-state index in [4.69, 9.17) is 21.7 Å². The summed E-state index contributed by atoms with van der Waals surface area (Å²) < 4.78 is 10.7. The molecule has 0 aliphatic heterocycles. The molecule has 156 valence electrons. The summed E-state index contributed by atoms with van der Waals surface area (Å²) in [6, 6.07) is 17.6. The maximum absolute atomic E-state index is 12.8.